The van der Waals surface area contributed by atoms with Crippen LogP contribution in [0.3, 0.4) is 0 Å². The number of nitrogens with zero attached hydrogens (tertiary/aromatic N) is 2. The Hall–Kier alpha value is -7.10. The molecule has 0 radical (unpaired) electrons. The van der Waals surface area contributed by atoms with E-state index in [1.165, 1.54) is 21.9 Å². The molecule has 8 aromatic carbocycles. The van der Waals surface area contributed by atoms with Crippen molar-refractivity contribution in [2.24, 2.45) is 0 Å². The molecule has 0 saturated carbocycles. The lowest BCUT2D eigenvalue weighted by molar-refractivity contribution is 0.669. The van der Waals surface area contributed by atoms with Crippen molar-refractivity contribution in [2.75, 3.05) is 0 Å². The maximum absolute atomic E-state index is 6.34. The highest BCUT2D eigenvalue weighted by Gasteiger charge is 2.17. The van der Waals surface area contributed by atoms with Crippen LogP contribution in [0.15, 0.2) is 199 Å². The molecular weight excluding hydrogens is 645 g/mol. The Labute approximate surface area is 307 Å². The molecule has 0 unspecified atom stereocenters. The zero-order valence-electron chi connectivity index (χ0n) is 28.8. The minimum absolute atomic E-state index is 0.686. The van der Waals surface area contributed by atoms with Gasteiger partial charge in [0.2, 0.25) is 0 Å². The molecule has 0 N–H and O–H groups in total. The van der Waals surface area contributed by atoms with E-state index in [1.807, 2.05) is 36.4 Å². The van der Waals surface area contributed by atoms with Gasteiger partial charge in [0.05, 0.1) is 11.4 Å². The summed E-state index contributed by atoms with van der Waals surface area (Å²) in [5.41, 5.74) is 13.3. The zero-order chi connectivity index (χ0) is 35.1. The molecule has 53 heavy (non-hydrogen) atoms. The van der Waals surface area contributed by atoms with E-state index >= 15 is 0 Å². The Balaban J connectivity index is 1.19. The lowest BCUT2D eigenvalue weighted by Gasteiger charge is -2.14. The van der Waals surface area contributed by atoms with Gasteiger partial charge in [-0.25, -0.2) is 9.97 Å². The number of aromatic nitrogens is 2. The summed E-state index contributed by atoms with van der Waals surface area (Å²) in [5.74, 6) is 0.686. The second-order valence-electron chi connectivity index (χ2n) is 13.4. The second kappa shape index (κ2) is 12.9. The standard InChI is InChI=1S/C50H32N2O/c1-3-12-33(13-4-1)35-22-25-36(26-23-35)45-32-46(52-50(51-45)37-15-5-2-6-16-37)42-30-40(39-27-24-34-14-7-8-17-38(34)28-39)29-41(31-42)43-19-11-21-48-49(43)44-18-9-10-20-47(44)53-48/h1-32H. The van der Waals surface area contributed by atoms with E-state index in [-0.39, 0.29) is 0 Å². The molecule has 10 rings (SSSR count). The lowest BCUT2D eigenvalue weighted by Crippen LogP contribution is -1.96. The van der Waals surface area contributed by atoms with Crippen molar-refractivity contribution in [1.82, 2.24) is 9.97 Å². The Bertz CT molecular complexity index is 2930. The average Bonchev–Trinajstić information content (AvgIpc) is 3.63. The Morgan fingerprint density at radius 1 is 0.321 bits per heavy atom. The fourth-order valence-corrected chi connectivity index (χ4v) is 7.41. The first-order valence-electron chi connectivity index (χ1n) is 17.9. The number of benzene rings is 8. The van der Waals surface area contributed by atoms with Gasteiger partial charge < -0.3 is 4.42 Å². The number of furan rings is 1. The van der Waals surface area contributed by atoms with Gasteiger partial charge in [0.1, 0.15) is 11.2 Å². The largest absolute Gasteiger partial charge is 0.456 e. The highest BCUT2D eigenvalue weighted by Crippen LogP contribution is 2.40. The van der Waals surface area contributed by atoms with Crippen molar-refractivity contribution in [3.63, 3.8) is 0 Å². The van der Waals surface area contributed by atoms with E-state index in [4.69, 9.17) is 14.4 Å². The van der Waals surface area contributed by atoms with E-state index < -0.39 is 0 Å². The van der Waals surface area contributed by atoms with Crippen LogP contribution in [0.1, 0.15) is 0 Å². The first kappa shape index (κ1) is 30.7. The summed E-state index contributed by atoms with van der Waals surface area (Å²) in [4.78, 5) is 10.4. The highest BCUT2D eigenvalue weighted by atomic mass is 16.3. The van der Waals surface area contributed by atoms with Gasteiger partial charge in [-0.15, -0.1) is 0 Å². The maximum atomic E-state index is 6.34. The minimum atomic E-state index is 0.686. The van der Waals surface area contributed by atoms with Crippen LogP contribution < -0.4 is 0 Å². The smallest absolute Gasteiger partial charge is 0.160 e. The molecule has 0 aliphatic heterocycles. The van der Waals surface area contributed by atoms with Crippen molar-refractivity contribution in [3.8, 4) is 67.3 Å². The van der Waals surface area contributed by atoms with E-state index in [2.05, 4.69) is 158 Å². The maximum Gasteiger partial charge on any atom is 0.160 e. The summed E-state index contributed by atoms with van der Waals surface area (Å²) < 4.78 is 6.34. The molecule has 0 atom stereocenters. The molecule has 0 fully saturated rings. The molecule has 0 spiro atoms. The quantitative estimate of drug-likeness (QED) is 0.176. The highest BCUT2D eigenvalue weighted by molar-refractivity contribution is 6.12. The van der Waals surface area contributed by atoms with Gasteiger partial charge in [-0.05, 0) is 86.6 Å². The molecule has 0 amide bonds. The third-order valence-electron chi connectivity index (χ3n) is 10.1. The summed E-state index contributed by atoms with van der Waals surface area (Å²) in [6.45, 7) is 0. The van der Waals surface area contributed by atoms with Crippen molar-refractivity contribution >= 4 is 32.7 Å². The van der Waals surface area contributed by atoms with Gasteiger partial charge in [0.25, 0.3) is 0 Å². The number of rotatable bonds is 6. The molecule has 3 nitrogen and oxygen atoms in total. The predicted molar refractivity (Wildman–Crippen MR) is 219 cm³/mol. The second-order valence-corrected chi connectivity index (χ2v) is 13.4. The summed E-state index contributed by atoms with van der Waals surface area (Å²) in [5, 5.41) is 4.63. The zero-order valence-corrected chi connectivity index (χ0v) is 28.8. The van der Waals surface area contributed by atoms with Crippen molar-refractivity contribution < 1.29 is 4.42 Å². The van der Waals surface area contributed by atoms with E-state index in [1.54, 1.807) is 0 Å². The van der Waals surface area contributed by atoms with E-state index in [9.17, 15) is 0 Å². The normalized spacial score (nSPS) is 11.4. The van der Waals surface area contributed by atoms with Crippen LogP contribution in [0.2, 0.25) is 0 Å². The van der Waals surface area contributed by atoms with Crippen LogP contribution in [-0.2, 0) is 0 Å². The topological polar surface area (TPSA) is 38.9 Å². The minimum Gasteiger partial charge on any atom is -0.456 e. The first-order chi connectivity index (χ1) is 26.2. The van der Waals surface area contributed by atoms with Crippen LogP contribution in [0, 0.1) is 0 Å². The number of para-hydroxylation sites is 1. The van der Waals surface area contributed by atoms with Gasteiger partial charge in [-0.1, -0.05) is 152 Å². The molecule has 0 bridgehead atoms. The summed E-state index contributed by atoms with van der Waals surface area (Å²) in [7, 11) is 0. The fourth-order valence-electron chi connectivity index (χ4n) is 7.41. The van der Waals surface area contributed by atoms with Gasteiger partial charge in [-0.3, -0.25) is 0 Å². The van der Waals surface area contributed by atoms with Crippen molar-refractivity contribution in [2.45, 2.75) is 0 Å². The average molecular weight is 677 g/mol. The Kier molecular flexibility index (Phi) is 7.47. The number of hydrogen-bond acceptors (Lipinski definition) is 3. The van der Waals surface area contributed by atoms with E-state index in [0.29, 0.717) is 5.82 Å². The van der Waals surface area contributed by atoms with Gasteiger partial charge >= 0.3 is 0 Å². The number of fused-ring (bicyclic) bond motifs is 4. The molecule has 2 aromatic heterocycles. The van der Waals surface area contributed by atoms with Crippen LogP contribution in [0.4, 0.5) is 0 Å². The van der Waals surface area contributed by atoms with Crippen molar-refractivity contribution in [1.29, 1.82) is 0 Å². The van der Waals surface area contributed by atoms with Gasteiger partial charge in [0, 0.05) is 27.5 Å². The SMILES string of the molecule is c1ccc(-c2ccc(-c3cc(-c4cc(-c5ccc6ccccc6c5)cc(-c5cccc6oc7ccccc7c56)c4)nc(-c4ccccc4)n3)cc2)cc1. The predicted octanol–water partition coefficient (Wildman–Crippen LogP) is 13.5. The summed E-state index contributed by atoms with van der Waals surface area (Å²) in [6.07, 6.45) is 0. The molecule has 0 aliphatic carbocycles. The molecule has 0 aliphatic rings. The molecular formula is C50H32N2O. The van der Waals surface area contributed by atoms with Crippen LogP contribution in [-0.4, -0.2) is 9.97 Å². The van der Waals surface area contributed by atoms with Crippen LogP contribution in [0.25, 0.3) is 100.0 Å². The van der Waals surface area contributed by atoms with Crippen molar-refractivity contribution in [3.05, 3.63) is 194 Å². The third-order valence-corrected chi connectivity index (χ3v) is 10.1. The molecule has 3 heteroatoms. The Morgan fingerprint density at radius 2 is 0.906 bits per heavy atom. The lowest BCUT2D eigenvalue weighted by atomic mass is 9.92. The number of hydrogen-bond donors (Lipinski definition) is 0. The first-order valence-corrected chi connectivity index (χ1v) is 17.9. The molecule has 0 saturated heterocycles. The molecule has 10 aromatic rings. The summed E-state index contributed by atoms with van der Waals surface area (Å²) in [6, 6.07) is 68.1. The van der Waals surface area contributed by atoms with E-state index in [0.717, 1.165) is 72.3 Å². The summed E-state index contributed by atoms with van der Waals surface area (Å²) >= 11 is 0. The third kappa shape index (κ3) is 5.75. The molecule has 2 heterocycles. The van der Waals surface area contributed by atoms with Gasteiger partial charge in [0.15, 0.2) is 5.82 Å². The van der Waals surface area contributed by atoms with Gasteiger partial charge in [-0.2, -0.15) is 0 Å². The monoisotopic (exact) mass is 676 g/mol. The van der Waals surface area contributed by atoms with Crippen LogP contribution in [0.5, 0.6) is 0 Å². The molecule has 248 valence electrons. The Morgan fingerprint density at radius 3 is 1.72 bits per heavy atom. The fraction of sp³-hybridized carbons (Fsp3) is 0. The van der Waals surface area contributed by atoms with Crippen LogP contribution >= 0.6 is 0 Å².